The highest BCUT2D eigenvalue weighted by molar-refractivity contribution is 5.82. The molecule has 1 aromatic rings. The largest absolute Gasteiger partial charge is 0.490 e. The standard InChI is InChI=1S/C16H20O4/c1-11-9-12(16(15(17)18)5-2-3-6-16)10-13-14(11)20-8-4-7-19-13/h9-10H,2-8H2,1H3,(H,17,18). The van der Waals surface area contributed by atoms with Gasteiger partial charge in [0.1, 0.15) is 0 Å². The number of fused-ring (bicyclic) bond motifs is 1. The molecule has 1 saturated carbocycles. The van der Waals surface area contributed by atoms with Crippen molar-refractivity contribution in [3.8, 4) is 11.5 Å². The van der Waals surface area contributed by atoms with Crippen LogP contribution in [-0.2, 0) is 10.2 Å². The second-order valence-corrected chi connectivity index (χ2v) is 5.77. The van der Waals surface area contributed by atoms with Crippen LogP contribution in [0.5, 0.6) is 11.5 Å². The van der Waals surface area contributed by atoms with Crippen molar-refractivity contribution < 1.29 is 19.4 Å². The van der Waals surface area contributed by atoms with E-state index < -0.39 is 11.4 Å². The molecule has 1 N–H and O–H groups in total. The van der Waals surface area contributed by atoms with Crippen LogP contribution in [0.2, 0.25) is 0 Å². The van der Waals surface area contributed by atoms with Gasteiger partial charge in [0.2, 0.25) is 0 Å². The normalized spacial score (nSPS) is 20.4. The van der Waals surface area contributed by atoms with Crippen LogP contribution in [0.1, 0.15) is 43.2 Å². The van der Waals surface area contributed by atoms with E-state index in [9.17, 15) is 9.90 Å². The number of ether oxygens (including phenoxy) is 2. The number of hydrogen-bond donors (Lipinski definition) is 1. The first-order valence-corrected chi connectivity index (χ1v) is 7.28. The lowest BCUT2D eigenvalue weighted by Gasteiger charge is -2.26. The van der Waals surface area contributed by atoms with Gasteiger partial charge in [0.05, 0.1) is 18.6 Å². The first-order valence-electron chi connectivity index (χ1n) is 7.28. The van der Waals surface area contributed by atoms with E-state index in [0.29, 0.717) is 31.8 Å². The molecule has 108 valence electrons. The van der Waals surface area contributed by atoms with Crippen molar-refractivity contribution in [2.24, 2.45) is 0 Å². The zero-order chi connectivity index (χ0) is 14.2. The van der Waals surface area contributed by atoms with E-state index in [4.69, 9.17) is 9.47 Å². The maximum Gasteiger partial charge on any atom is 0.314 e. The number of aliphatic carboxylic acids is 1. The van der Waals surface area contributed by atoms with E-state index >= 15 is 0 Å². The highest BCUT2D eigenvalue weighted by Gasteiger charge is 2.43. The highest BCUT2D eigenvalue weighted by atomic mass is 16.5. The SMILES string of the molecule is Cc1cc(C2(C(=O)O)CCCC2)cc2c1OCCCO2. The Morgan fingerprint density at radius 1 is 1.15 bits per heavy atom. The Morgan fingerprint density at radius 3 is 2.55 bits per heavy atom. The zero-order valence-electron chi connectivity index (χ0n) is 11.8. The summed E-state index contributed by atoms with van der Waals surface area (Å²) in [5.41, 5.74) is 1.09. The average molecular weight is 276 g/mol. The van der Waals surface area contributed by atoms with E-state index in [1.807, 2.05) is 19.1 Å². The van der Waals surface area contributed by atoms with E-state index in [-0.39, 0.29) is 0 Å². The van der Waals surface area contributed by atoms with Gasteiger partial charge in [-0.1, -0.05) is 18.9 Å². The van der Waals surface area contributed by atoms with Crippen LogP contribution in [0.25, 0.3) is 0 Å². The van der Waals surface area contributed by atoms with E-state index in [1.165, 1.54) is 0 Å². The lowest BCUT2D eigenvalue weighted by molar-refractivity contribution is -0.143. The molecule has 0 saturated heterocycles. The Bertz CT molecular complexity index is 530. The molecule has 0 aromatic heterocycles. The fourth-order valence-electron chi connectivity index (χ4n) is 3.33. The topological polar surface area (TPSA) is 55.8 Å². The van der Waals surface area contributed by atoms with Gasteiger partial charge in [-0.2, -0.15) is 0 Å². The molecule has 2 aliphatic rings. The molecule has 4 nitrogen and oxygen atoms in total. The van der Waals surface area contributed by atoms with Gasteiger partial charge in [0.15, 0.2) is 11.5 Å². The second kappa shape index (κ2) is 5.00. The van der Waals surface area contributed by atoms with E-state index in [1.54, 1.807) is 0 Å². The van der Waals surface area contributed by atoms with E-state index in [2.05, 4.69) is 0 Å². The zero-order valence-corrected chi connectivity index (χ0v) is 11.8. The lowest BCUT2D eigenvalue weighted by atomic mass is 9.78. The molecule has 0 radical (unpaired) electrons. The van der Waals surface area contributed by atoms with Crippen molar-refractivity contribution >= 4 is 5.97 Å². The minimum absolute atomic E-state index is 0.621. The Kier molecular flexibility index (Phi) is 3.32. The smallest absolute Gasteiger partial charge is 0.314 e. The summed E-state index contributed by atoms with van der Waals surface area (Å²) >= 11 is 0. The summed E-state index contributed by atoms with van der Waals surface area (Å²) in [6.45, 7) is 3.23. The van der Waals surface area contributed by atoms with Crippen molar-refractivity contribution in [1.29, 1.82) is 0 Å². The summed E-state index contributed by atoms with van der Waals surface area (Å²) in [6.07, 6.45) is 4.22. The van der Waals surface area contributed by atoms with Gasteiger partial charge in [0, 0.05) is 6.42 Å². The van der Waals surface area contributed by atoms with Gasteiger partial charge in [-0.15, -0.1) is 0 Å². The molecule has 1 heterocycles. The van der Waals surface area contributed by atoms with Gasteiger partial charge in [-0.05, 0) is 37.0 Å². The van der Waals surface area contributed by atoms with Gasteiger partial charge < -0.3 is 14.6 Å². The quantitative estimate of drug-likeness (QED) is 0.902. The Labute approximate surface area is 118 Å². The number of carbonyl (C=O) groups is 1. The third kappa shape index (κ3) is 2.03. The van der Waals surface area contributed by atoms with Crippen LogP contribution in [0.15, 0.2) is 12.1 Å². The third-order valence-corrected chi connectivity index (χ3v) is 4.45. The van der Waals surface area contributed by atoms with Gasteiger partial charge in [-0.25, -0.2) is 0 Å². The maximum atomic E-state index is 11.8. The van der Waals surface area contributed by atoms with Crippen molar-refractivity contribution in [1.82, 2.24) is 0 Å². The highest BCUT2D eigenvalue weighted by Crippen LogP contribution is 2.45. The number of carboxylic acids is 1. The Balaban J connectivity index is 2.08. The molecule has 1 aliphatic heterocycles. The number of rotatable bonds is 2. The van der Waals surface area contributed by atoms with Crippen LogP contribution < -0.4 is 9.47 Å². The Morgan fingerprint density at radius 2 is 1.85 bits per heavy atom. The van der Waals surface area contributed by atoms with Crippen molar-refractivity contribution in [2.45, 2.75) is 44.4 Å². The molecular weight excluding hydrogens is 256 g/mol. The molecule has 0 bridgehead atoms. The Hall–Kier alpha value is -1.71. The first kappa shape index (κ1) is 13.3. The molecule has 0 amide bonds. The first-order chi connectivity index (χ1) is 9.63. The molecular formula is C16H20O4. The summed E-state index contributed by atoms with van der Waals surface area (Å²) < 4.78 is 11.5. The third-order valence-electron chi connectivity index (χ3n) is 4.45. The molecule has 1 aromatic carbocycles. The molecule has 0 unspecified atom stereocenters. The summed E-state index contributed by atoms with van der Waals surface area (Å²) in [5.74, 6) is 0.749. The monoisotopic (exact) mass is 276 g/mol. The molecule has 0 spiro atoms. The van der Waals surface area contributed by atoms with Crippen LogP contribution in [0, 0.1) is 6.92 Å². The molecule has 4 heteroatoms. The summed E-state index contributed by atoms with van der Waals surface area (Å²) in [5, 5.41) is 9.70. The molecule has 20 heavy (non-hydrogen) atoms. The van der Waals surface area contributed by atoms with Crippen molar-refractivity contribution in [3.63, 3.8) is 0 Å². The average Bonchev–Trinajstić information content (AvgIpc) is 2.80. The number of hydrogen-bond acceptors (Lipinski definition) is 3. The van der Waals surface area contributed by atoms with E-state index in [0.717, 1.165) is 36.1 Å². The van der Waals surface area contributed by atoms with Crippen LogP contribution in [-0.4, -0.2) is 24.3 Å². The predicted octanol–water partition coefficient (Wildman–Crippen LogP) is 3.05. The summed E-state index contributed by atoms with van der Waals surface area (Å²) in [4.78, 5) is 11.8. The second-order valence-electron chi connectivity index (χ2n) is 5.77. The molecule has 1 fully saturated rings. The van der Waals surface area contributed by atoms with Gasteiger partial charge in [-0.3, -0.25) is 4.79 Å². The van der Waals surface area contributed by atoms with Crippen LogP contribution >= 0.6 is 0 Å². The summed E-state index contributed by atoms with van der Waals surface area (Å²) in [6, 6.07) is 3.85. The minimum atomic E-state index is -0.741. The molecule has 1 aliphatic carbocycles. The van der Waals surface area contributed by atoms with Crippen LogP contribution in [0.3, 0.4) is 0 Å². The van der Waals surface area contributed by atoms with Crippen molar-refractivity contribution in [2.75, 3.05) is 13.2 Å². The number of benzene rings is 1. The predicted molar refractivity (Wildman–Crippen MR) is 74.6 cm³/mol. The number of aryl methyl sites for hydroxylation is 1. The lowest BCUT2D eigenvalue weighted by Crippen LogP contribution is -2.32. The van der Waals surface area contributed by atoms with Crippen molar-refractivity contribution in [3.05, 3.63) is 23.3 Å². The minimum Gasteiger partial charge on any atom is -0.490 e. The maximum absolute atomic E-state index is 11.8. The number of carboxylic acid groups (broad SMARTS) is 1. The fourth-order valence-corrected chi connectivity index (χ4v) is 3.33. The summed E-state index contributed by atoms with van der Waals surface area (Å²) in [7, 11) is 0. The fraction of sp³-hybridized carbons (Fsp3) is 0.562. The van der Waals surface area contributed by atoms with Crippen LogP contribution in [0.4, 0.5) is 0 Å². The van der Waals surface area contributed by atoms with Gasteiger partial charge >= 0.3 is 5.97 Å². The molecule has 3 rings (SSSR count). The van der Waals surface area contributed by atoms with Gasteiger partial charge in [0.25, 0.3) is 0 Å². The molecule has 0 atom stereocenters.